The molecule has 8 heteroatoms. The molecule has 0 bridgehead atoms. The minimum absolute atomic E-state index is 0.260. The molecule has 0 spiro atoms. The number of aromatic nitrogens is 1. The van der Waals surface area contributed by atoms with E-state index in [-0.39, 0.29) is 11.8 Å². The van der Waals surface area contributed by atoms with Crippen LogP contribution in [-0.4, -0.2) is 43.1 Å². The fraction of sp³-hybridized carbons (Fsp3) is 0.179. The van der Waals surface area contributed by atoms with Gasteiger partial charge in [0.1, 0.15) is 0 Å². The number of ether oxygens (including phenoxy) is 4. The van der Waals surface area contributed by atoms with Crippen molar-refractivity contribution in [1.29, 1.82) is 0 Å². The average molecular weight is 484 g/mol. The van der Waals surface area contributed by atoms with Gasteiger partial charge in [0.25, 0.3) is 0 Å². The average Bonchev–Trinajstić information content (AvgIpc) is 3.38. The summed E-state index contributed by atoms with van der Waals surface area (Å²) in [6.07, 6.45) is -0.785. The SMILES string of the molecule is COc1cc(C2=NN(C(C)=O)[C@@H](c3cc(-c4ccccc4)nc4ccccc34)O2)cc(OC)c1OC. The van der Waals surface area contributed by atoms with Crippen molar-refractivity contribution in [3.63, 3.8) is 0 Å². The van der Waals surface area contributed by atoms with E-state index in [1.165, 1.54) is 33.3 Å². The van der Waals surface area contributed by atoms with Gasteiger partial charge in [0.2, 0.25) is 23.8 Å². The molecule has 0 saturated carbocycles. The minimum atomic E-state index is -0.785. The zero-order valence-corrected chi connectivity index (χ0v) is 20.4. The first-order chi connectivity index (χ1) is 17.5. The summed E-state index contributed by atoms with van der Waals surface area (Å²) >= 11 is 0. The van der Waals surface area contributed by atoms with Crippen molar-refractivity contribution in [3.8, 4) is 28.5 Å². The van der Waals surface area contributed by atoms with E-state index in [4.69, 9.17) is 23.9 Å². The lowest BCUT2D eigenvalue weighted by molar-refractivity contribution is -0.135. The molecule has 0 unspecified atom stereocenters. The second kappa shape index (κ2) is 9.58. The van der Waals surface area contributed by atoms with Crippen LogP contribution in [0.5, 0.6) is 17.2 Å². The Hall–Kier alpha value is -4.59. The molecule has 0 saturated heterocycles. The Morgan fingerprint density at radius 3 is 2.17 bits per heavy atom. The highest BCUT2D eigenvalue weighted by atomic mass is 16.5. The topological polar surface area (TPSA) is 82.5 Å². The van der Waals surface area contributed by atoms with Gasteiger partial charge in [-0.15, -0.1) is 5.10 Å². The molecular formula is C28H25N3O5. The van der Waals surface area contributed by atoms with E-state index in [0.717, 1.165) is 27.7 Å². The second-order valence-electron chi connectivity index (χ2n) is 8.13. The monoisotopic (exact) mass is 483 g/mol. The highest BCUT2D eigenvalue weighted by Gasteiger charge is 2.35. The van der Waals surface area contributed by atoms with Crippen LogP contribution < -0.4 is 14.2 Å². The summed E-state index contributed by atoms with van der Waals surface area (Å²) in [5.74, 6) is 1.37. The van der Waals surface area contributed by atoms with Crippen molar-refractivity contribution >= 4 is 22.7 Å². The molecule has 182 valence electrons. The Kier molecular flexibility index (Phi) is 6.16. The molecule has 4 aromatic rings. The Labute approximate surface area is 208 Å². The molecule has 0 N–H and O–H groups in total. The van der Waals surface area contributed by atoms with Crippen LogP contribution >= 0.6 is 0 Å². The van der Waals surface area contributed by atoms with E-state index in [1.807, 2.05) is 60.7 Å². The maximum atomic E-state index is 12.7. The number of carbonyl (C=O) groups excluding carboxylic acids is 1. The number of pyridine rings is 1. The molecule has 3 aromatic carbocycles. The number of rotatable bonds is 6. The van der Waals surface area contributed by atoms with E-state index in [0.29, 0.717) is 22.8 Å². The van der Waals surface area contributed by atoms with Crippen LogP contribution in [0.2, 0.25) is 0 Å². The minimum Gasteiger partial charge on any atom is -0.493 e. The number of para-hydroxylation sites is 1. The smallest absolute Gasteiger partial charge is 0.243 e. The van der Waals surface area contributed by atoms with Crippen LogP contribution in [0.1, 0.15) is 24.3 Å². The van der Waals surface area contributed by atoms with Crippen LogP contribution in [0.4, 0.5) is 0 Å². The Morgan fingerprint density at radius 2 is 1.53 bits per heavy atom. The molecule has 2 heterocycles. The molecule has 1 amide bonds. The number of amides is 1. The second-order valence-corrected chi connectivity index (χ2v) is 8.13. The number of nitrogens with zero attached hydrogens (tertiary/aromatic N) is 3. The third-order valence-corrected chi connectivity index (χ3v) is 5.96. The maximum absolute atomic E-state index is 12.7. The highest BCUT2D eigenvalue weighted by Crippen LogP contribution is 2.41. The number of fused-ring (bicyclic) bond motifs is 1. The van der Waals surface area contributed by atoms with Gasteiger partial charge in [0.05, 0.1) is 32.5 Å². The maximum Gasteiger partial charge on any atom is 0.243 e. The van der Waals surface area contributed by atoms with Crippen LogP contribution in [0.25, 0.3) is 22.2 Å². The molecule has 5 rings (SSSR count). The lowest BCUT2D eigenvalue weighted by atomic mass is 10.0. The fourth-order valence-electron chi connectivity index (χ4n) is 4.25. The molecule has 0 radical (unpaired) electrons. The lowest BCUT2D eigenvalue weighted by Crippen LogP contribution is -2.25. The first-order valence-electron chi connectivity index (χ1n) is 11.3. The highest BCUT2D eigenvalue weighted by molar-refractivity contribution is 5.98. The largest absolute Gasteiger partial charge is 0.493 e. The van der Waals surface area contributed by atoms with Crippen molar-refractivity contribution < 1.29 is 23.7 Å². The third kappa shape index (κ3) is 4.07. The lowest BCUT2D eigenvalue weighted by Gasteiger charge is -2.21. The zero-order chi connectivity index (χ0) is 25.2. The molecule has 8 nitrogen and oxygen atoms in total. The third-order valence-electron chi connectivity index (χ3n) is 5.96. The van der Waals surface area contributed by atoms with Crippen LogP contribution in [-0.2, 0) is 9.53 Å². The molecule has 36 heavy (non-hydrogen) atoms. The molecule has 1 aromatic heterocycles. The molecule has 1 aliphatic heterocycles. The summed E-state index contributed by atoms with van der Waals surface area (Å²) in [5.41, 5.74) is 3.89. The van der Waals surface area contributed by atoms with Gasteiger partial charge in [-0.25, -0.2) is 4.98 Å². The number of hydrogen-bond acceptors (Lipinski definition) is 7. The number of hydrogen-bond donors (Lipinski definition) is 0. The van der Waals surface area contributed by atoms with E-state index < -0.39 is 6.23 Å². The van der Waals surface area contributed by atoms with Crippen LogP contribution in [0.15, 0.2) is 77.9 Å². The summed E-state index contributed by atoms with van der Waals surface area (Å²) in [6.45, 7) is 1.46. The summed E-state index contributed by atoms with van der Waals surface area (Å²) in [7, 11) is 4.62. The predicted molar refractivity (Wildman–Crippen MR) is 136 cm³/mol. The van der Waals surface area contributed by atoms with Gasteiger partial charge in [-0.05, 0) is 24.3 Å². The van der Waals surface area contributed by atoms with Crippen molar-refractivity contribution in [2.24, 2.45) is 5.10 Å². The van der Waals surface area contributed by atoms with Crippen LogP contribution in [0, 0.1) is 0 Å². The van der Waals surface area contributed by atoms with Gasteiger partial charge in [0, 0.05) is 29.0 Å². The van der Waals surface area contributed by atoms with E-state index >= 15 is 0 Å². The zero-order valence-electron chi connectivity index (χ0n) is 20.4. The van der Waals surface area contributed by atoms with Gasteiger partial charge in [-0.3, -0.25) is 4.79 Å². The molecule has 1 atom stereocenters. The molecular weight excluding hydrogens is 458 g/mol. The fourth-order valence-corrected chi connectivity index (χ4v) is 4.25. The first kappa shape index (κ1) is 23.2. The van der Waals surface area contributed by atoms with Crippen LogP contribution in [0.3, 0.4) is 0 Å². The quantitative estimate of drug-likeness (QED) is 0.377. The predicted octanol–water partition coefficient (Wildman–Crippen LogP) is 5.17. The normalized spacial score (nSPS) is 14.8. The Balaban J connectivity index is 1.63. The number of methoxy groups -OCH3 is 3. The van der Waals surface area contributed by atoms with Gasteiger partial charge in [-0.1, -0.05) is 48.5 Å². The summed E-state index contributed by atoms with van der Waals surface area (Å²) < 4.78 is 22.7. The molecule has 0 aliphatic carbocycles. The van der Waals surface area contributed by atoms with Gasteiger partial charge in [0.15, 0.2) is 11.5 Å². The molecule has 0 fully saturated rings. The van der Waals surface area contributed by atoms with E-state index in [1.54, 1.807) is 12.1 Å². The number of hydrazone groups is 1. The van der Waals surface area contributed by atoms with Crippen molar-refractivity contribution in [1.82, 2.24) is 9.99 Å². The number of carbonyl (C=O) groups is 1. The Morgan fingerprint density at radius 1 is 0.861 bits per heavy atom. The van der Waals surface area contributed by atoms with Gasteiger partial charge >= 0.3 is 0 Å². The van der Waals surface area contributed by atoms with Gasteiger partial charge in [-0.2, -0.15) is 5.01 Å². The summed E-state index contributed by atoms with van der Waals surface area (Å²) in [5, 5.41) is 6.75. The molecule has 1 aliphatic rings. The van der Waals surface area contributed by atoms with Crippen molar-refractivity contribution in [2.45, 2.75) is 13.2 Å². The summed E-state index contributed by atoms with van der Waals surface area (Å²) in [6, 6.07) is 23.1. The number of benzene rings is 3. The standard InChI is InChI=1S/C28H25N3O5/c1-17(32)31-28(36-27(30-31)19-14-24(33-2)26(35-4)25(15-19)34-3)21-16-23(18-10-6-5-7-11-18)29-22-13-9-8-12-20(21)22/h5-16,28H,1-4H3/t28-/m1/s1. The van der Waals surface area contributed by atoms with Crippen molar-refractivity contribution in [3.05, 3.63) is 83.9 Å². The van der Waals surface area contributed by atoms with Crippen molar-refractivity contribution in [2.75, 3.05) is 21.3 Å². The van der Waals surface area contributed by atoms with Gasteiger partial charge < -0.3 is 18.9 Å². The Bertz CT molecular complexity index is 1440. The van der Waals surface area contributed by atoms with E-state index in [9.17, 15) is 4.79 Å². The summed E-state index contributed by atoms with van der Waals surface area (Å²) in [4.78, 5) is 17.5. The van der Waals surface area contributed by atoms with E-state index in [2.05, 4.69) is 5.10 Å². The first-order valence-corrected chi connectivity index (χ1v) is 11.3.